The van der Waals surface area contributed by atoms with Crippen molar-refractivity contribution in [3.8, 4) is 11.5 Å². The van der Waals surface area contributed by atoms with Gasteiger partial charge in [-0.15, -0.1) is 11.8 Å². The van der Waals surface area contributed by atoms with Crippen LogP contribution in [0.2, 0.25) is 0 Å². The van der Waals surface area contributed by atoms with Gasteiger partial charge in [0.25, 0.3) is 11.5 Å². The predicted molar refractivity (Wildman–Crippen MR) is 169 cm³/mol. The second-order valence-corrected chi connectivity index (χ2v) is 12.4. The Morgan fingerprint density at radius 3 is 2.52 bits per heavy atom. The number of nitrogens with zero attached hydrogens (tertiary/aromatic N) is 3. The summed E-state index contributed by atoms with van der Waals surface area (Å²) in [5, 5.41) is 0. The molecule has 1 fully saturated rings. The highest BCUT2D eigenvalue weighted by Crippen LogP contribution is 2.32. The number of thioether (sulfide) groups is 1. The number of carbonyl (C=O) groups excluding carboxylic acids is 2. The third-order valence-corrected chi connectivity index (χ3v) is 8.94. The molecular formula is C32H35N3O7S2. The topological polar surface area (TPSA) is 109 Å². The third kappa shape index (κ3) is 6.77. The molecule has 10 nitrogen and oxygen atoms in total. The van der Waals surface area contributed by atoms with Crippen molar-refractivity contribution in [1.82, 2.24) is 9.47 Å². The van der Waals surface area contributed by atoms with Gasteiger partial charge in [-0.2, -0.15) is 0 Å². The predicted octanol–water partition coefficient (Wildman–Crippen LogP) is 3.15. The van der Waals surface area contributed by atoms with Gasteiger partial charge in [0, 0.05) is 18.0 Å². The molecule has 44 heavy (non-hydrogen) atoms. The molecule has 1 amide bonds. The Kier molecular flexibility index (Phi) is 9.92. The summed E-state index contributed by atoms with van der Waals surface area (Å²) in [6.45, 7) is 7.35. The summed E-state index contributed by atoms with van der Waals surface area (Å²) in [7, 11) is 1.52. The van der Waals surface area contributed by atoms with Gasteiger partial charge in [0.1, 0.15) is 0 Å². The summed E-state index contributed by atoms with van der Waals surface area (Å²) in [4.78, 5) is 47.8. The van der Waals surface area contributed by atoms with Crippen molar-refractivity contribution in [2.24, 2.45) is 4.99 Å². The zero-order valence-electron chi connectivity index (χ0n) is 25.3. The third-order valence-electron chi connectivity index (χ3n) is 7.22. The first kappa shape index (κ1) is 31.6. The van der Waals surface area contributed by atoms with Gasteiger partial charge in [-0.25, -0.2) is 9.79 Å². The first-order valence-corrected chi connectivity index (χ1v) is 16.3. The van der Waals surface area contributed by atoms with Gasteiger partial charge < -0.3 is 23.8 Å². The lowest BCUT2D eigenvalue weighted by molar-refractivity contribution is -0.143. The van der Waals surface area contributed by atoms with Gasteiger partial charge >= 0.3 is 5.97 Å². The molecule has 1 saturated heterocycles. The van der Waals surface area contributed by atoms with Crippen LogP contribution in [0.15, 0.2) is 68.4 Å². The SMILES string of the molecule is COc1cc(/C=c2\sc3n(c2=O)[C@H](c2ccc(SC)cc2)C(C(=O)OC(C)C)=C(C)N=3)ccc1OCC(=O)N1CCOCC1. The van der Waals surface area contributed by atoms with Crippen molar-refractivity contribution < 1.29 is 28.5 Å². The summed E-state index contributed by atoms with van der Waals surface area (Å²) >= 11 is 2.86. The number of ether oxygens (including phenoxy) is 4. The fourth-order valence-corrected chi connectivity index (χ4v) is 6.50. The molecule has 0 radical (unpaired) electrons. The standard InChI is InChI=1S/C32H35N3O7S2/c1-19(2)42-31(38)28-20(3)33-32-35(29(28)22-7-9-23(43-5)10-8-22)30(37)26(44-32)17-21-6-11-24(25(16-21)39-4)41-18-27(36)34-12-14-40-15-13-34/h6-11,16-17,19,29H,12-15,18H2,1-5H3/b26-17-/t29-/m1/s1. The maximum Gasteiger partial charge on any atom is 0.338 e. The summed E-state index contributed by atoms with van der Waals surface area (Å²) < 4.78 is 24.2. The van der Waals surface area contributed by atoms with Crippen molar-refractivity contribution in [1.29, 1.82) is 0 Å². The van der Waals surface area contributed by atoms with E-state index in [0.717, 1.165) is 10.5 Å². The van der Waals surface area contributed by atoms with Crippen LogP contribution in [-0.4, -0.2) is 73.7 Å². The number of esters is 1. The molecule has 2 aliphatic rings. The monoisotopic (exact) mass is 637 g/mol. The Morgan fingerprint density at radius 2 is 1.86 bits per heavy atom. The molecule has 3 heterocycles. The van der Waals surface area contributed by atoms with Crippen LogP contribution in [0, 0.1) is 0 Å². The summed E-state index contributed by atoms with van der Waals surface area (Å²) in [5.74, 6) is 0.236. The van der Waals surface area contributed by atoms with E-state index >= 15 is 0 Å². The summed E-state index contributed by atoms with van der Waals surface area (Å²) in [5.41, 5.74) is 2.07. The van der Waals surface area contributed by atoms with Gasteiger partial charge in [0.15, 0.2) is 22.9 Å². The van der Waals surface area contributed by atoms with Gasteiger partial charge in [0.05, 0.1) is 48.3 Å². The lowest BCUT2D eigenvalue weighted by Gasteiger charge is -2.26. The highest BCUT2D eigenvalue weighted by molar-refractivity contribution is 7.98. The van der Waals surface area contributed by atoms with E-state index in [9.17, 15) is 14.4 Å². The number of hydrogen-bond donors (Lipinski definition) is 0. The zero-order valence-corrected chi connectivity index (χ0v) is 27.0. The van der Waals surface area contributed by atoms with Crippen molar-refractivity contribution in [3.63, 3.8) is 0 Å². The van der Waals surface area contributed by atoms with E-state index in [-0.39, 0.29) is 24.2 Å². The second-order valence-electron chi connectivity index (χ2n) is 10.5. The number of amides is 1. The first-order valence-electron chi connectivity index (χ1n) is 14.2. The molecule has 0 spiro atoms. The van der Waals surface area contributed by atoms with Crippen LogP contribution < -0.4 is 24.4 Å². The number of thiazole rings is 1. The number of hydrogen-bond acceptors (Lipinski definition) is 10. The van der Waals surface area contributed by atoms with Crippen molar-refractivity contribution in [2.75, 3.05) is 46.3 Å². The lowest BCUT2D eigenvalue weighted by atomic mass is 9.96. The average Bonchev–Trinajstić information content (AvgIpc) is 3.33. The second kappa shape index (κ2) is 13.8. The molecule has 2 aromatic carbocycles. The Bertz CT molecular complexity index is 1750. The Labute approximate surface area is 263 Å². The minimum absolute atomic E-state index is 0.118. The van der Waals surface area contributed by atoms with Crippen LogP contribution in [0.1, 0.15) is 37.9 Å². The van der Waals surface area contributed by atoms with Crippen LogP contribution in [0.4, 0.5) is 0 Å². The molecule has 1 aromatic heterocycles. The Hall–Kier alpha value is -3.87. The Morgan fingerprint density at radius 1 is 1.14 bits per heavy atom. The number of morpholine rings is 1. The molecular weight excluding hydrogens is 603 g/mol. The molecule has 0 unspecified atom stereocenters. The van der Waals surface area contributed by atoms with E-state index in [0.29, 0.717) is 64.0 Å². The number of rotatable bonds is 9. The van der Waals surface area contributed by atoms with Gasteiger partial charge in [-0.3, -0.25) is 14.2 Å². The number of fused-ring (bicyclic) bond motifs is 1. The molecule has 0 bridgehead atoms. The average molecular weight is 638 g/mol. The molecule has 2 aliphatic heterocycles. The van der Waals surface area contributed by atoms with E-state index in [4.69, 9.17) is 18.9 Å². The normalized spacial score (nSPS) is 16.9. The zero-order chi connectivity index (χ0) is 31.4. The molecule has 12 heteroatoms. The number of methoxy groups -OCH3 is 1. The number of carbonyl (C=O) groups is 2. The van der Waals surface area contributed by atoms with E-state index in [2.05, 4.69) is 4.99 Å². The summed E-state index contributed by atoms with van der Waals surface area (Å²) in [6.07, 6.45) is 3.42. The van der Waals surface area contributed by atoms with E-state index in [1.165, 1.54) is 18.4 Å². The van der Waals surface area contributed by atoms with Gasteiger partial charge in [-0.05, 0) is 68.5 Å². The fourth-order valence-electron chi connectivity index (χ4n) is 5.05. The van der Waals surface area contributed by atoms with Crippen molar-refractivity contribution >= 4 is 41.1 Å². The fraction of sp³-hybridized carbons (Fsp3) is 0.375. The van der Waals surface area contributed by atoms with Crippen molar-refractivity contribution in [2.45, 2.75) is 37.8 Å². The van der Waals surface area contributed by atoms with Crippen LogP contribution in [0.5, 0.6) is 11.5 Å². The quantitative estimate of drug-likeness (QED) is 0.260. The Balaban J connectivity index is 1.49. The maximum atomic E-state index is 14.0. The van der Waals surface area contributed by atoms with Crippen LogP contribution in [0.3, 0.4) is 0 Å². The molecule has 0 saturated carbocycles. The van der Waals surface area contributed by atoms with Gasteiger partial charge in [-0.1, -0.05) is 29.5 Å². The summed E-state index contributed by atoms with van der Waals surface area (Å²) in [6, 6.07) is 12.4. The smallest absolute Gasteiger partial charge is 0.338 e. The first-order chi connectivity index (χ1) is 21.2. The largest absolute Gasteiger partial charge is 0.493 e. The molecule has 3 aromatic rings. The van der Waals surface area contributed by atoms with Gasteiger partial charge in [0.2, 0.25) is 0 Å². The molecule has 0 aliphatic carbocycles. The van der Waals surface area contributed by atoms with E-state index < -0.39 is 12.0 Å². The van der Waals surface area contributed by atoms with Crippen LogP contribution >= 0.6 is 23.1 Å². The lowest BCUT2D eigenvalue weighted by Crippen LogP contribution is -2.43. The maximum absolute atomic E-state index is 14.0. The minimum atomic E-state index is -0.690. The number of aromatic nitrogens is 1. The molecule has 1 atom stereocenters. The van der Waals surface area contributed by atoms with Crippen molar-refractivity contribution in [3.05, 3.63) is 84.5 Å². The number of allylic oxidation sites excluding steroid dienone is 1. The molecule has 5 rings (SSSR count). The van der Waals surface area contributed by atoms with Crippen LogP contribution in [0.25, 0.3) is 6.08 Å². The highest BCUT2D eigenvalue weighted by Gasteiger charge is 2.33. The van der Waals surface area contributed by atoms with Crippen LogP contribution in [-0.2, 0) is 19.1 Å². The number of benzene rings is 2. The van der Waals surface area contributed by atoms with E-state index in [1.807, 2.05) is 30.5 Å². The molecule has 232 valence electrons. The molecule has 0 N–H and O–H groups in total. The highest BCUT2D eigenvalue weighted by atomic mass is 32.2. The minimum Gasteiger partial charge on any atom is -0.493 e. The van der Waals surface area contributed by atoms with E-state index in [1.54, 1.807) is 66.3 Å².